The van der Waals surface area contributed by atoms with Gasteiger partial charge in [0, 0.05) is 41.2 Å². The molecule has 2 N–H and O–H groups in total. The zero-order valence-corrected chi connectivity index (χ0v) is 15.9. The van der Waals surface area contributed by atoms with Crippen molar-refractivity contribution in [2.45, 2.75) is 19.8 Å². The summed E-state index contributed by atoms with van der Waals surface area (Å²) in [5, 5.41) is 19.6. The highest BCUT2D eigenvalue weighted by Gasteiger charge is 2.13. The van der Waals surface area contributed by atoms with Gasteiger partial charge in [0.15, 0.2) is 6.61 Å². The molecule has 148 valence electrons. The van der Waals surface area contributed by atoms with E-state index in [1.165, 1.54) is 29.5 Å². The Labute approximate surface area is 164 Å². The van der Waals surface area contributed by atoms with Crippen molar-refractivity contribution < 1.29 is 24.0 Å². The van der Waals surface area contributed by atoms with Crippen LogP contribution in [0.5, 0.6) is 0 Å². The minimum Gasteiger partial charge on any atom is -0.456 e. The third kappa shape index (κ3) is 6.47. The molecule has 9 nitrogen and oxygen atoms in total. The molecule has 10 heteroatoms. The fraction of sp³-hybridized carbons (Fsp3) is 0.278. The number of nitrogens with zero attached hydrogens (tertiary/aromatic N) is 1. The van der Waals surface area contributed by atoms with Crippen LogP contribution in [0.25, 0.3) is 0 Å². The monoisotopic (exact) mass is 405 g/mol. The van der Waals surface area contributed by atoms with Crippen LogP contribution < -0.4 is 10.6 Å². The van der Waals surface area contributed by atoms with Crippen LogP contribution in [0.4, 0.5) is 11.4 Å². The van der Waals surface area contributed by atoms with E-state index in [9.17, 15) is 24.5 Å². The maximum absolute atomic E-state index is 11.8. The van der Waals surface area contributed by atoms with Gasteiger partial charge in [-0.2, -0.15) is 11.3 Å². The van der Waals surface area contributed by atoms with Crippen molar-refractivity contribution in [3.8, 4) is 0 Å². The van der Waals surface area contributed by atoms with Crippen molar-refractivity contribution in [2.75, 3.05) is 18.5 Å². The molecule has 0 atom stereocenters. The Bertz CT molecular complexity index is 866. The van der Waals surface area contributed by atoms with E-state index < -0.39 is 23.4 Å². The number of anilines is 1. The van der Waals surface area contributed by atoms with Gasteiger partial charge in [0.05, 0.1) is 4.92 Å². The maximum Gasteiger partial charge on any atom is 0.306 e. The quantitative estimate of drug-likeness (QED) is 0.286. The molecule has 0 fully saturated rings. The number of carbonyl (C=O) groups excluding carboxylic acids is 3. The standard InChI is InChI=1S/C18H19N3O6S/c1-12-4-5-14(9-15(12)21(25)26)20-16(22)10-27-17(23)3-2-7-19-18(24)13-6-8-28-11-13/h4-6,8-9,11H,2-3,7,10H2,1H3,(H,19,24)(H,20,22). The third-order valence-electron chi connectivity index (χ3n) is 3.68. The summed E-state index contributed by atoms with van der Waals surface area (Å²) in [6, 6.07) is 5.99. The van der Waals surface area contributed by atoms with E-state index >= 15 is 0 Å². The predicted molar refractivity (Wildman–Crippen MR) is 103 cm³/mol. The van der Waals surface area contributed by atoms with E-state index in [4.69, 9.17) is 4.74 Å². The number of amides is 2. The Balaban J connectivity index is 1.67. The number of aryl methyl sites for hydroxylation is 1. The van der Waals surface area contributed by atoms with Gasteiger partial charge in [-0.15, -0.1) is 0 Å². The van der Waals surface area contributed by atoms with Gasteiger partial charge in [-0.3, -0.25) is 24.5 Å². The van der Waals surface area contributed by atoms with Crippen molar-refractivity contribution in [1.29, 1.82) is 0 Å². The summed E-state index contributed by atoms with van der Waals surface area (Å²) in [5.74, 6) is -1.38. The van der Waals surface area contributed by atoms with Crippen LogP contribution in [0.3, 0.4) is 0 Å². The van der Waals surface area contributed by atoms with Crippen molar-refractivity contribution in [3.05, 3.63) is 56.3 Å². The number of benzene rings is 1. The Hall–Kier alpha value is -3.27. The first-order chi connectivity index (χ1) is 13.4. The first kappa shape index (κ1) is 21.0. The minimum atomic E-state index is -0.600. The average molecular weight is 405 g/mol. The van der Waals surface area contributed by atoms with Crippen LogP contribution >= 0.6 is 11.3 Å². The molecular formula is C18H19N3O6S. The number of hydrogen-bond donors (Lipinski definition) is 2. The van der Waals surface area contributed by atoms with Gasteiger partial charge in [0.25, 0.3) is 17.5 Å². The zero-order chi connectivity index (χ0) is 20.5. The fourth-order valence-electron chi connectivity index (χ4n) is 2.23. The Kier molecular flexibility index (Phi) is 7.64. The number of hydrogen-bond acceptors (Lipinski definition) is 7. The summed E-state index contributed by atoms with van der Waals surface area (Å²) in [6.07, 6.45) is 0.424. The van der Waals surface area contributed by atoms with Crippen molar-refractivity contribution in [2.24, 2.45) is 0 Å². The molecule has 0 unspecified atom stereocenters. The highest BCUT2D eigenvalue weighted by molar-refractivity contribution is 7.08. The SMILES string of the molecule is Cc1ccc(NC(=O)COC(=O)CCCNC(=O)c2ccsc2)cc1[N+](=O)[O-]. The van der Waals surface area contributed by atoms with Gasteiger partial charge in [0.2, 0.25) is 0 Å². The number of esters is 1. The van der Waals surface area contributed by atoms with Crippen LogP contribution in [-0.2, 0) is 14.3 Å². The number of nitrogens with one attached hydrogen (secondary N) is 2. The van der Waals surface area contributed by atoms with Crippen molar-refractivity contribution in [3.63, 3.8) is 0 Å². The number of thiophene rings is 1. The first-order valence-electron chi connectivity index (χ1n) is 8.37. The molecule has 0 spiro atoms. The molecule has 28 heavy (non-hydrogen) atoms. The summed E-state index contributed by atoms with van der Waals surface area (Å²) in [6.45, 7) is 1.40. The summed E-state index contributed by atoms with van der Waals surface area (Å²) >= 11 is 1.42. The van der Waals surface area contributed by atoms with Crippen molar-refractivity contribution >= 4 is 40.5 Å². The fourth-order valence-corrected chi connectivity index (χ4v) is 2.87. The lowest BCUT2D eigenvalue weighted by Gasteiger charge is -2.08. The van der Waals surface area contributed by atoms with Crippen LogP contribution in [0.2, 0.25) is 0 Å². The van der Waals surface area contributed by atoms with E-state index in [0.717, 1.165) is 0 Å². The van der Waals surface area contributed by atoms with E-state index in [1.54, 1.807) is 23.8 Å². The van der Waals surface area contributed by atoms with Gasteiger partial charge in [-0.1, -0.05) is 6.07 Å². The van der Waals surface area contributed by atoms with Crippen molar-refractivity contribution in [1.82, 2.24) is 5.32 Å². The molecule has 0 aliphatic carbocycles. The predicted octanol–water partition coefficient (Wildman–Crippen LogP) is 2.66. The lowest BCUT2D eigenvalue weighted by atomic mass is 10.2. The van der Waals surface area contributed by atoms with E-state index in [1.807, 2.05) is 0 Å². The maximum atomic E-state index is 11.8. The largest absolute Gasteiger partial charge is 0.456 e. The van der Waals surface area contributed by atoms with Gasteiger partial charge < -0.3 is 15.4 Å². The summed E-state index contributed by atoms with van der Waals surface area (Å²) < 4.78 is 4.86. The van der Waals surface area contributed by atoms with Gasteiger partial charge in [-0.05, 0) is 30.9 Å². The number of ether oxygens (including phenoxy) is 1. The second-order valence-electron chi connectivity index (χ2n) is 5.84. The van der Waals surface area contributed by atoms with Crippen LogP contribution in [0.1, 0.15) is 28.8 Å². The second-order valence-corrected chi connectivity index (χ2v) is 6.62. The van der Waals surface area contributed by atoms with Gasteiger partial charge >= 0.3 is 5.97 Å². The summed E-state index contributed by atoms with van der Waals surface area (Å²) in [4.78, 5) is 45.6. The molecule has 0 bridgehead atoms. The lowest BCUT2D eigenvalue weighted by Crippen LogP contribution is -2.25. The highest BCUT2D eigenvalue weighted by atomic mass is 32.1. The van der Waals surface area contributed by atoms with E-state index in [0.29, 0.717) is 24.1 Å². The molecule has 1 aromatic carbocycles. The summed E-state index contributed by atoms with van der Waals surface area (Å²) in [7, 11) is 0. The molecule has 2 rings (SSSR count). The first-order valence-corrected chi connectivity index (χ1v) is 9.32. The molecule has 2 amide bonds. The highest BCUT2D eigenvalue weighted by Crippen LogP contribution is 2.22. The second kappa shape index (κ2) is 10.2. The number of nitro groups is 1. The van der Waals surface area contributed by atoms with Crippen LogP contribution in [-0.4, -0.2) is 35.9 Å². The minimum absolute atomic E-state index is 0.0488. The molecule has 2 aromatic rings. The topological polar surface area (TPSA) is 128 Å². The third-order valence-corrected chi connectivity index (χ3v) is 4.36. The smallest absolute Gasteiger partial charge is 0.306 e. The van der Waals surface area contributed by atoms with E-state index in [-0.39, 0.29) is 23.7 Å². The summed E-state index contributed by atoms with van der Waals surface area (Å²) in [5.41, 5.74) is 1.18. The van der Waals surface area contributed by atoms with Gasteiger partial charge in [-0.25, -0.2) is 0 Å². The van der Waals surface area contributed by atoms with Crippen LogP contribution in [0, 0.1) is 17.0 Å². The van der Waals surface area contributed by atoms with Crippen LogP contribution in [0.15, 0.2) is 35.0 Å². The molecule has 0 radical (unpaired) electrons. The number of carbonyl (C=O) groups is 3. The molecule has 0 saturated heterocycles. The zero-order valence-electron chi connectivity index (χ0n) is 15.1. The molecule has 0 aliphatic heterocycles. The Morgan fingerprint density at radius 1 is 1.25 bits per heavy atom. The number of rotatable bonds is 9. The molecule has 1 heterocycles. The molecular weight excluding hydrogens is 386 g/mol. The number of nitro benzene ring substituents is 1. The molecule has 0 aliphatic rings. The Morgan fingerprint density at radius 2 is 2.04 bits per heavy atom. The normalized spacial score (nSPS) is 10.2. The lowest BCUT2D eigenvalue weighted by molar-refractivity contribution is -0.385. The average Bonchev–Trinajstić information content (AvgIpc) is 3.19. The Morgan fingerprint density at radius 3 is 2.71 bits per heavy atom. The van der Waals surface area contributed by atoms with Gasteiger partial charge in [0.1, 0.15) is 0 Å². The molecule has 1 aromatic heterocycles. The molecule has 0 saturated carbocycles. The van der Waals surface area contributed by atoms with E-state index in [2.05, 4.69) is 10.6 Å².